The molecule has 0 aromatic carbocycles. The monoisotopic (exact) mass is 420 g/mol. The van der Waals surface area contributed by atoms with E-state index >= 15 is 0 Å². The lowest BCUT2D eigenvalue weighted by Crippen LogP contribution is -2.43. The van der Waals surface area contributed by atoms with E-state index < -0.39 is 0 Å². The molecule has 0 radical (unpaired) electrons. The van der Waals surface area contributed by atoms with Crippen LogP contribution in [0.3, 0.4) is 0 Å². The number of aryl methyl sites for hydroxylation is 1. The van der Waals surface area contributed by atoms with E-state index in [4.69, 9.17) is 12.2 Å². The van der Waals surface area contributed by atoms with Crippen LogP contribution in [-0.2, 0) is 16.1 Å². The number of allylic oxidation sites excluding steroid dienone is 1. The molecule has 8 nitrogen and oxygen atoms in total. The molecular formula is C18H24N6O2S2. The maximum Gasteiger partial charge on any atom is 0.231 e. The lowest BCUT2D eigenvalue weighted by atomic mass is 9.97. The number of amides is 2. The maximum absolute atomic E-state index is 12.7. The Hall–Kier alpha value is -2.33. The average molecular weight is 421 g/mol. The molecule has 28 heavy (non-hydrogen) atoms. The molecule has 0 saturated carbocycles. The number of hydrogen-bond donors (Lipinski definition) is 2. The second-order valence-electron chi connectivity index (χ2n) is 6.71. The number of nitrogens with one attached hydrogen (secondary N) is 2. The fourth-order valence-corrected chi connectivity index (χ4v) is 4.47. The normalized spacial score (nSPS) is 16.8. The van der Waals surface area contributed by atoms with Crippen LogP contribution >= 0.6 is 23.6 Å². The van der Waals surface area contributed by atoms with Crippen molar-refractivity contribution in [3.63, 3.8) is 0 Å². The largest absolute Gasteiger partial charge is 0.342 e. The number of aromatic nitrogens is 4. The predicted octanol–water partition coefficient (Wildman–Crippen LogP) is 3.15. The van der Waals surface area contributed by atoms with Crippen LogP contribution in [0.2, 0.25) is 0 Å². The highest BCUT2D eigenvalue weighted by Crippen LogP contribution is 2.32. The molecule has 150 valence electrons. The standard InChI is InChI=1S/C18H24N6O2S2/c1-4-8-24-15(21-22-18(24)27)14-11(3)19-17(28-14)20-16(26)12-7-6-9-23(10-12)13(25)5-2/h4,12H,1,5-10H2,2-3H3,(H,22,27)(H,19,20,26)/t12-/m1/s1. The van der Waals surface area contributed by atoms with Crippen LogP contribution in [0, 0.1) is 17.6 Å². The average Bonchev–Trinajstić information content (AvgIpc) is 3.23. The van der Waals surface area contributed by atoms with Crippen molar-refractivity contribution in [3.05, 3.63) is 23.1 Å². The van der Waals surface area contributed by atoms with Crippen LogP contribution in [0.25, 0.3) is 10.7 Å². The molecule has 0 bridgehead atoms. The first-order valence-electron chi connectivity index (χ1n) is 9.27. The first-order chi connectivity index (χ1) is 13.4. The summed E-state index contributed by atoms with van der Waals surface area (Å²) in [6.07, 6.45) is 3.82. The quantitative estimate of drug-likeness (QED) is 0.553. The second kappa shape index (κ2) is 8.78. The molecule has 2 aromatic rings. The zero-order chi connectivity index (χ0) is 20.3. The van der Waals surface area contributed by atoms with Crippen molar-refractivity contribution in [2.45, 2.75) is 39.7 Å². The highest BCUT2D eigenvalue weighted by molar-refractivity contribution is 7.71. The summed E-state index contributed by atoms with van der Waals surface area (Å²) in [6.45, 7) is 9.19. The molecule has 3 heterocycles. The Kier molecular flexibility index (Phi) is 6.40. The molecule has 2 amide bonds. The van der Waals surface area contributed by atoms with Crippen LogP contribution in [0.4, 0.5) is 5.13 Å². The third-order valence-electron chi connectivity index (χ3n) is 4.75. The van der Waals surface area contributed by atoms with Gasteiger partial charge in [-0.2, -0.15) is 5.10 Å². The third-order valence-corrected chi connectivity index (χ3v) is 6.13. The summed E-state index contributed by atoms with van der Waals surface area (Å²) in [6, 6.07) is 0. The summed E-state index contributed by atoms with van der Waals surface area (Å²) in [5, 5.41) is 10.5. The van der Waals surface area contributed by atoms with Crippen molar-refractivity contribution in [3.8, 4) is 10.7 Å². The number of nitrogens with zero attached hydrogens (tertiary/aromatic N) is 4. The summed E-state index contributed by atoms with van der Waals surface area (Å²) in [5.41, 5.74) is 0.769. The molecule has 0 aliphatic carbocycles. The van der Waals surface area contributed by atoms with E-state index in [0.717, 1.165) is 30.0 Å². The van der Waals surface area contributed by atoms with E-state index in [1.165, 1.54) is 11.3 Å². The molecule has 10 heteroatoms. The number of H-pyrrole nitrogens is 1. The van der Waals surface area contributed by atoms with Gasteiger partial charge in [0, 0.05) is 26.1 Å². The van der Waals surface area contributed by atoms with Gasteiger partial charge in [-0.3, -0.25) is 19.3 Å². The molecule has 2 N–H and O–H groups in total. The van der Waals surface area contributed by atoms with E-state index in [-0.39, 0.29) is 17.7 Å². The third kappa shape index (κ3) is 4.22. The molecule has 0 unspecified atom stereocenters. The number of hydrogen-bond acceptors (Lipinski definition) is 6. The van der Waals surface area contributed by atoms with Crippen LogP contribution < -0.4 is 5.32 Å². The SMILES string of the molecule is C=CCn1c(-c2sc(NC(=O)[C@@H]3CCCN(C(=O)CC)C3)nc2C)n[nH]c1=S. The van der Waals surface area contributed by atoms with Gasteiger partial charge in [0.15, 0.2) is 15.7 Å². The fourth-order valence-electron chi connectivity index (χ4n) is 3.30. The molecule has 0 spiro atoms. The Morgan fingerprint density at radius 3 is 3.00 bits per heavy atom. The molecule has 1 atom stereocenters. The molecule has 1 fully saturated rings. The summed E-state index contributed by atoms with van der Waals surface area (Å²) in [4.78, 5) is 31.8. The minimum Gasteiger partial charge on any atom is -0.342 e. The highest BCUT2D eigenvalue weighted by atomic mass is 32.1. The smallest absolute Gasteiger partial charge is 0.231 e. The van der Waals surface area contributed by atoms with E-state index in [9.17, 15) is 9.59 Å². The number of aromatic amines is 1. The molecule has 1 saturated heterocycles. The Morgan fingerprint density at radius 1 is 1.50 bits per heavy atom. The number of carbonyl (C=O) groups excluding carboxylic acids is 2. The van der Waals surface area contributed by atoms with Gasteiger partial charge in [0.05, 0.1) is 16.5 Å². The topological polar surface area (TPSA) is 95.9 Å². The number of rotatable bonds is 6. The van der Waals surface area contributed by atoms with Crippen molar-refractivity contribution in [2.24, 2.45) is 5.92 Å². The number of piperidine rings is 1. The van der Waals surface area contributed by atoms with Crippen molar-refractivity contribution >= 4 is 40.5 Å². The van der Waals surface area contributed by atoms with Gasteiger partial charge >= 0.3 is 0 Å². The zero-order valence-corrected chi connectivity index (χ0v) is 17.7. The van der Waals surface area contributed by atoms with Crippen molar-refractivity contribution < 1.29 is 9.59 Å². The summed E-state index contributed by atoms with van der Waals surface area (Å²) < 4.78 is 2.35. The van der Waals surface area contributed by atoms with Crippen molar-refractivity contribution in [1.82, 2.24) is 24.6 Å². The first-order valence-corrected chi connectivity index (χ1v) is 10.5. The Labute approximate surface area is 172 Å². The van der Waals surface area contributed by atoms with E-state index in [0.29, 0.717) is 35.2 Å². The minimum atomic E-state index is -0.216. The Morgan fingerprint density at radius 2 is 2.29 bits per heavy atom. The van der Waals surface area contributed by atoms with E-state index in [1.807, 2.05) is 18.4 Å². The minimum absolute atomic E-state index is 0.0925. The predicted molar refractivity (Wildman–Crippen MR) is 112 cm³/mol. The molecule has 2 aromatic heterocycles. The van der Waals surface area contributed by atoms with Gasteiger partial charge in [-0.15, -0.1) is 6.58 Å². The van der Waals surface area contributed by atoms with Gasteiger partial charge in [0.25, 0.3) is 0 Å². The second-order valence-corrected chi connectivity index (χ2v) is 8.09. The van der Waals surface area contributed by atoms with Gasteiger partial charge in [-0.05, 0) is 32.0 Å². The number of anilines is 1. The molecule has 1 aliphatic rings. The van der Waals surface area contributed by atoms with Crippen LogP contribution in [-0.4, -0.2) is 49.6 Å². The van der Waals surface area contributed by atoms with Crippen LogP contribution in [0.1, 0.15) is 31.9 Å². The van der Waals surface area contributed by atoms with Crippen LogP contribution in [0.5, 0.6) is 0 Å². The lowest BCUT2D eigenvalue weighted by molar-refractivity contribution is -0.134. The molecule has 1 aliphatic heterocycles. The van der Waals surface area contributed by atoms with Gasteiger partial charge in [-0.1, -0.05) is 24.3 Å². The number of likely N-dealkylation sites (tertiary alicyclic amines) is 1. The summed E-state index contributed by atoms with van der Waals surface area (Å²) >= 11 is 6.63. The van der Waals surface area contributed by atoms with E-state index in [1.54, 1.807) is 11.0 Å². The number of carbonyl (C=O) groups is 2. The Bertz CT molecular complexity index is 944. The lowest BCUT2D eigenvalue weighted by Gasteiger charge is -2.31. The highest BCUT2D eigenvalue weighted by Gasteiger charge is 2.28. The van der Waals surface area contributed by atoms with Gasteiger partial charge in [0.2, 0.25) is 11.8 Å². The summed E-state index contributed by atoms with van der Waals surface area (Å²) in [7, 11) is 0. The Balaban J connectivity index is 1.75. The van der Waals surface area contributed by atoms with Crippen molar-refractivity contribution in [2.75, 3.05) is 18.4 Å². The van der Waals surface area contributed by atoms with Gasteiger partial charge in [0.1, 0.15) is 0 Å². The maximum atomic E-state index is 12.7. The van der Waals surface area contributed by atoms with E-state index in [2.05, 4.69) is 27.1 Å². The van der Waals surface area contributed by atoms with Crippen molar-refractivity contribution in [1.29, 1.82) is 0 Å². The van der Waals surface area contributed by atoms with Crippen LogP contribution in [0.15, 0.2) is 12.7 Å². The zero-order valence-electron chi connectivity index (χ0n) is 16.0. The first kappa shape index (κ1) is 20.4. The summed E-state index contributed by atoms with van der Waals surface area (Å²) in [5.74, 6) is 0.457. The van der Waals surface area contributed by atoms with Gasteiger partial charge < -0.3 is 10.2 Å². The fraction of sp³-hybridized carbons (Fsp3) is 0.500. The molecule has 3 rings (SSSR count). The molecular weight excluding hydrogens is 396 g/mol. The van der Waals surface area contributed by atoms with Gasteiger partial charge in [-0.25, -0.2) is 4.98 Å². The number of thiazole rings is 1.